The van der Waals surface area contributed by atoms with Crippen LogP contribution in [0.25, 0.3) is 11.3 Å². The van der Waals surface area contributed by atoms with Gasteiger partial charge >= 0.3 is 5.97 Å². The van der Waals surface area contributed by atoms with E-state index in [4.69, 9.17) is 9.72 Å². The van der Waals surface area contributed by atoms with Crippen molar-refractivity contribution in [1.29, 1.82) is 0 Å². The predicted octanol–water partition coefficient (Wildman–Crippen LogP) is 5.01. The van der Waals surface area contributed by atoms with Crippen molar-refractivity contribution in [2.75, 3.05) is 36.5 Å². The lowest BCUT2D eigenvalue weighted by molar-refractivity contribution is -0.142. The predicted molar refractivity (Wildman–Crippen MR) is 155 cm³/mol. The Kier molecular flexibility index (Phi) is 9.09. The molecule has 2 saturated heterocycles. The Labute approximate surface area is 242 Å². The maximum atomic E-state index is 13.8. The van der Waals surface area contributed by atoms with Crippen LogP contribution in [0.2, 0.25) is 0 Å². The van der Waals surface area contributed by atoms with Gasteiger partial charge in [0.15, 0.2) is 5.13 Å². The first-order chi connectivity index (χ1) is 19.9. The summed E-state index contributed by atoms with van der Waals surface area (Å²) in [4.78, 5) is 43.2. The summed E-state index contributed by atoms with van der Waals surface area (Å²) in [7, 11) is 0. The number of amides is 1. The number of benzene rings is 1. The number of aromatic nitrogens is 3. The molecular formula is C29H35FN6O4S. The van der Waals surface area contributed by atoms with Crippen molar-refractivity contribution >= 4 is 34.2 Å². The Hall–Kier alpha value is -3.64. The van der Waals surface area contributed by atoms with E-state index in [-0.39, 0.29) is 11.6 Å². The van der Waals surface area contributed by atoms with Crippen LogP contribution in [-0.4, -0.2) is 69.1 Å². The van der Waals surface area contributed by atoms with Crippen molar-refractivity contribution < 1.29 is 23.8 Å². The number of likely N-dealkylation sites (tertiary alicyclic amines) is 1. The zero-order valence-electron chi connectivity index (χ0n) is 23.3. The van der Waals surface area contributed by atoms with E-state index in [1.54, 1.807) is 18.3 Å². The van der Waals surface area contributed by atoms with Crippen LogP contribution in [0.4, 0.5) is 15.3 Å². The standard InChI is InChI=1S/C29H35FN6O4S/c1-3-40-23-7-6-20(13-21(23)14-30)26-24(17-36-10-4-5-18(36)2)41-29(33-26)34-27(37)22-15-32-25(16-31-22)35-11-8-19(9-12-35)28(38)39/h6-7,13,15-16,18-19H,3-5,8-12,14,17H2,1-2H3,(H,38,39)(H,33,34,37)/t18-/m1/s1. The van der Waals surface area contributed by atoms with E-state index in [2.05, 4.69) is 27.1 Å². The van der Waals surface area contributed by atoms with Gasteiger partial charge in [-0.3, -0.25) is 19.8 Å². The average Bonchev–Trinajstić information content (AvgIpc) is 3.58. The third kappa shape index (κ3) is 6.65. The lowest BCUT2D eigenvalue weighted by atomic mass is 9.97. The largest absolute Gasteiger partial charge is 0.493 e. The van der Waals surface area contributed by atoms with Crippen LogP contribution in [0.5, 0.6) is 5.75 Å². The van der Waals surface area contributed by atoms with E-state index in [0.717, 1.165) is 29.8 Å². The van der Waals surface area contributed by atoms with Gasteiger partial charge in [0.2, 0.25) is 0 Å². The second-order valence-corrected chi connectivity index (χ2v) is 11.5. The highest BCUT2D eigenvalue weighted by molar-refractivity contribution is 7.16. The van der Waals surface area contributed by atoms with Gasteiger partial charge in [0.05, 0.1) is 30.6 Å². The van der Waals surface area contributed by atoms with Gasteiger partial charge in [0.25, 0.3) is 5.91 Å². The van der Waals surface area contributed by atoms with E-state index in [1.807, 2.05) is 17.9 Å². The Morgan fingerprint density at radius 3 is 2.61 bits per heavy atom. The molecule has 218 valence electrons. The number of nitrogens with one attached hydrogen (secondary N) is 1. The molecule has 3 aromatic rings. The number of rotatable bonds is 10. The SMILES string of the molecule is CCOc1ccc(-c2nc(NC(=O)c3cnc(N4CCC(C(=O)O)CC4)cn3)sc2CN2CCC[C@H]2C)cc1CF. The molecule has 2 N–H and O–H groups in total. The van der Waals surface area contributed by atoms with Crippen LogP contribution < -0.4 is 15.0 Å². The van der Waals surface area contributed by atoms with Crippen LogP contribution in [0, 0.1) is 5.92 Å². The summed E-state index contributed by atoms with van der Waals surface area (Å²) < 4.78 is 19.4. The highest BCUT2D eigenvalue weighted by Gasteiger charge is 2.26. The highest BCUT2D eigenvalue weighted by Crippen LogP contribution is 2.36. The fraction of sp³-hybridized carbons (Fsp3) is 0.483. The summed E-state index contributed by atoms with van der Waals surface area (Å²) in [5.74, 6) is -0.395. The van der Waals surface area contributed by atoms with Crippen molar-refractivity contribution in [2.24, 2.45) is 5.92 Å². The molecular weight excluding hydrogens is 547 g/mol. The molecule has 1 amide bonds. The molecule has 2 aliphatic heterocycles. The van der Waals surface area contributed by atoms with Gasteiger partial charge in [0.1, 0.15) is 23.9 Å². The molecule has 0 bridgehead atoms. The van der Waals surface area contributed by atoms with Gasteiger partial charge in [-0.05, 0) is 64.3 Å². The molecule has 0 spiro atoms. The van der Waals surface area contributed by atoms with Gasteiger partial charge in [0, 0.05) is 41.7 Å². The lowest BCUT2D eigenvalue weighted by Crippen LogP contribution is -2.36. The number of carboxylic acid groups (broad SMARTS) is 1. The van der Waals surface area contributed by atoms with Gasteiger partial charge in [-0.15, -0.1) is 0 Å². The number of nitrogens with zero attached hydrogens (tertiary/aromatic N) is 5. The molecule has 0 saturated carbocycles. The summed E-state index contributed by atoms with van der Waals surface area (Å²) in [5.41, 5.74) is 2.11. The molecule has 1 atom stereocenters. The average molecular weight is 583 g/mol. The number of carboxylic acids is 1. The first kappa shape index (κ1) is 28.9. The number of halogens is 1. The molecule has 41 heavy (non-hydrogen) atoms. The number of hydrogen-bond donors (Lipinski definition) is 2. The Balaban J connectivity index is 1.34. The molecule has 5 rings (SSSR count). The van der Waals surface area contributed by atoms with Crippen LogP contribution in [0.3, 0.4) is 0 Å². The van der Waals surface area contributed by atoms with E-state index >= 15 is 0 Å². The number of carbonyl (C=O) groups excluding carboxylic acids is 1. The topological polar surface area (TPSA) is 121 Å². The number of carbonyl (C=O) groups is 2. The summed E-state index contributed by atoms with van der Waals surface area (Å²) in [6.45, 7) is 6.71. The molecule has 0 aliphatic carbocycles. The molecule has 0 radical (unpaired) electrons. The number of alkyl halides is 1. The van der Waals surface area contributed by atoms with Gasteiger partial charge in [-0.25, -0.2) is 19.3 Å². The van der Waals surface area contributed by atoms with E-state index in [0.29, 0.717) is 73.1 Å². The lowest BCUT2D eigenvalue weighted by Gasteiger charge is -2.30. The van der Waals surface area contributed by atoms with Crippen molar-refractivity contribution in [2.45, 2.75) is 58.8 Å². The Morgan fingerprint density at radius 2 is 1.98 bits per heavy atom. The first-order valence-electron chi connectivity index (χ1n) is 14.0. The Bertz CT molecular complexity index is 1380. The second-order valence-electron chi connectivity index (χ2n) is 10.5. The minimum absolute atomic E-state index is 0.154. The molecule has 12 heteroatoms. The zero-order chi connectivity index (χ0) is 28.9. The van der Waals surface area contributed by atoms with E-state index in [9.17, 15) is 19.1 Å². The van der Waals surface area contributed by atoms with Crippen LogP contribution in [0.15, 0.2) is 30.6 Å². The minimum Gasteiger partial charge on any atom is -0.493 e. The fourth-order valence-corrected chi connectivity index (χ4v) is 6.40. The van der Waals surface area contributed by atoms with Gasteiger partial charge in [-0.1, -0.05) is 11.3 Å². The summed E-state index contributed by atoms with van der Waals surface area (Å²) in [5, 5.41) is 12.5. The number of ether oxygens (including phenoxy) is 1. The van der Waals surface area contributed by atoms with Gasteiger partial charge < -0.3 is 14.7 Å². The quantitative estimate of drug-likeness (QED) is 0.340. The minimum atomic E-state index is -0.767. The van der Waals surface area contributed by atoms with Crippen LogP contribution in [0.1, 0.15) is 60.5 Å². The highest BCUT2D eigenvalue weighted by atomic mass is 32.1. The van der Waals surface area contributed by atoms with E-state index in [1.165, 1.54) is 17.5 Å². The molecule has 0 unspecified atom stereocenters. The molecule has 10 nitrogen and oxygen atoms in total. The van der Waals surface area contributed by atoms with Crippen molar-refractivity contribution in [3.63, 3.8) is 0 Å². The van der Waals surface area contributed by atoms with Gasteiger partial charge in [-0.2, -0.15) is 0 Å². The number of aliphatic carboxylic acids is 1. The summed E-state index contributed by atoms with van der Waals surface area (Å²) in [6, 6.07) is 5.87. The van der Waals surface area contributed by atoms with Crippen molar-refractivity contribution in [1.82, 2.24) is 19.9 Å². The third-order valence-corrected chi connectivity index (χ3v) is 8.73. The van der Waals surface area contributed by atoms with E-state index < -0.39 is 18.6 Å². The molecule has 1 aromatic carbocycles. The molecule has 2 aromatic heterocycles. The number of piperidine rings is 1. The van der Waals surface area contributed by atoms with Crippen LogP contribution in [-0.2, 0) is 18.0 Å². The van der Waals surface area contributed by atoms with Crippen LogP contribution >= 0.6 is 11.3 Å². The molecule has 2 aliphatic rings. The Morgan fingerprint density at radius 1 is 1.17 bits per heavy atom. The monoisotopic (exact) mass is 582 g/mol. The zero-order valence-corrected chi connectivity index (χ0v) is 24.1. The maximum absolute atomic E-state index is 13.8. The fourth-order valence-electron chi connectivity index (χ4n) is 5.40. The maximum Gasteiger partial charge on any atom is 0.306 e. The van der Waals surface area contributed by atoms with Crippen molar-refractivity contribution in [3.8, 4) is 17.0 Å². The smallest absolute Gasteiger partial charge is 0.306 e. The molecule has 4 heterocycles. The molecule has 2 fully saturated rings. The second kappa shape index (κ2) is 12.9. The number of hydrogen-bond acceptors (Lipinski definition) is 9. The van der Waals surface area contributed by atoms with Crippen molar-refractivity contribution in [3.05, 3.63) is 46.7 Å². The summed E-state index contributed by atoms with van der Waals surface area (Å²) >= 11 is 1.41. The number of anilines is 2. The third-order valence-electron chi connectivity index (χ3n) is 7.77. The first-order valence-corrected chi connectivity index (χ1v) is 14.8. The number of thiazole rings is 1. The normalized spacial score (nSPS) is 18.0. The summed E-state index contributed by atoms with van der Waals surface area (Å²) in [6.07, 6.45) is 6.34.